The van der Waals surface area contributed by atoms with E-state index in [9.17, 15) is 9.90 Å². The van der Waals surface area contributed by atoms with E-state index >= 15 is 0 Å². The van der Waals surface area contributed by atoms with Gasteiger partial charge in [-0.05, 0) is 30.5 Å². The molecule has 0 aromatic heterocycles. The predicted molar refractivity (Wildman–Crippen MR) is 77.9 cm³/mol. The van der Waals surface area contributed by atoms with Crippen LogP contribution < -0.4 is 11.1 Å². The van der Waals surface area contributed by atoms with E-state index in [0.717, 1.165) is 30.6 Å². The number of hydrogen-bond donors (Lipinski definition) is 3. The van der Waals surface area contributed by atoms with Crippen LogP contribution >= 0.6 is 0 Å². The maximum Gasteiger partial charge on any atom is 0.221 e. The smallest absolute Gasteiger partial charge is 0.221 e. The Kier molecular flexibility index (Phi) is 5.83. The Morgan fingerprint density at radius 3 is 2.26 bits per heavy atom. The van der Waals surface area contributed by atoms with E-state index in [1.165, 1.54) is 0 Å². The van der Waals surface area contributed by atoms with Crippen molar-refractivity contribution in [2.75, 3.05) is 18.5 Å². The maximum atomic E-state index is 10.8. The van der Waals surface area contributed by atoms with Crippen molar-refractivity contribution in [1.82, 2.24) is 0 Å². The number of carbonyl (C=O) groups excluding carboxylic acids is 1. The second-order valence-electron chi connectivity index (χ2n) is 5.06. The van der Waals surface area contributed by atoms with E-state index in [-0.39, 0.29) is 24.3 Å². The first kappa shape index (κ1) is 15.5. The molecular formula is C15H24N2O2. The molecule has 0 aliphatic rings. The monoisotopic (exact) mass is 264 g/mol. The lowest BCUT2D eigenvalue weighted by Gasteiger charge is -2.30. The van der Waals surface area contributed by atoms with Gasteiger partial charge in [-0.1, -0.05) is 26.0 Å². The molecule has 1 aromatic carbocycles. The largest absolute Gasteiger partial charge is 0.396 e. The van der Waals surface area contributed by atoms with Gasteiger partial charge in [0.1, 0.15) is 0 Å². The Labute approximate surface area is 115 Å². The van der Waals surface area contributed by atoms with Gasteiger partial charge < -0.3 is 16.2 Å². The quantitative estimate of drug-likeness (QED) is 0.671. The van der Waals surface area contributed by atoms with E-state index in [2.05, 4.69) is 19.2 Å². The summed E-state index contributed by atoms with van der Waals surface area (Å²) in [6.45, 7) is 5.12. The third-order valence-corrected chi connectivity index (χ3v) is 3.84. The number of primary amides is 1. The van der Waals surface area contributed by atoms with Crippen molar-refractivity contribution in [2.24, 2.45) is 11.1 Å². The van der Waals surface area contributed by atoms with Gasteiger partial charge in [-0.2, -0.15) is 0 Å². The van der Waals surface area contributed by atoms with Crippen LogP contribution in [0, 0.1) is 5.41 Å². The number of rotatable bonds is 8. The molecule has 106 valence electrons. The summed E-state index contributed by atoms with van der Waals surface area (Å²) in [6.07, 6.45) is 2.14. The minimum atomic E-state index is -0.322. The number of nitrogens with two attached hydrogens (primary N) is 1. The van der Waals surface area contributed by atoms with Gasteiger partial charge in [-0.25, -0.2) is 0 Å². The second-order valence-corrected chi connectivity index (χ2v) is 5.06. The van der Waals surface area contributed by atoms with Crippen LogP contribution in [0.25, 0.3) is 0 Å². The number of carbonyl (C=O) groups is 1. The Hall–Kier alpha value is -1.55. The first-order valence-corrected chi connectivity index (χ1v) is 6.77. The van der Waals surface area contributed by atoms with E-state index < -0.39 is 0 Å². The number of anilines is 1. The fraction of sp³-hybridized carbons (Fsp3) is 0.533. The molecule has 0 saturated carbocycles. The highest BCUT2D eigenvalue weighted by atomic mass is 16.3. The summed E-state index contributed by atoms with van der Waals surface area (Å²) in [5.74, 6) is -0.322. The zero-order chi connectivity index (χ0) is 14.3. The van der Waals surface area contributed by atoms with Crippen LogP contribution in [0.4, 0.5) is 5.69 Å². The van der Waals surface area contributed by atoms with Crippen LogP contribution in [0.2, 0.25) is 0 Å². The molecule has 0 aliphatic heterocycles. The second kappa shape index (κ2) is 7.14. The zero-order valence-electron chi connectivity index (χ0n) is 11.8. The van der Waals surface area contributed by atoms with Gasteiger partial charge in [0.05, 0.1) is 13.0 Å². The average molecular weight is 264 g/mol. The first-order valence-electron chi connectivity index (χ1n) is 6.77. The normalized spacial score (nSPS) is 11.3. The molecule has 0 radical (unpaired) electrons. The molecule has 1 amide bonds. The van der Waals surface area contributed by atoms with E-state index in [0.29, 0.717) is 0 Å². The first-order chi connectivity index (χ1) is 9.05. The fourth-order valence-electron chi connectivity index (χ4n) is 2.01. The molecule has 1 rings (SSSR count). The van der Waals surface area contributed by atoms with Crippen LogP contribution in [-0.2, 0) is 11.2 Å². The summed E-state index contributed by atoms with van der Waals surface area (Å²) in [5.41, 5.74) is 6.99. The molecule has 19 heavy (non-hydrogen) atoms. The van der Waals surface area contributed by atoms with Crippen LogP contribution in [0.3, 0.4) is 0 Å². The molecule has 4 heteroatoms. The number of aliphatic hydroxyl groups excluding tert-OH is 1. The molecule has 0 bridgehead atoms. The summed E-state index contributed by atoms with van der Waals surface area (Å²) in [5, 5.41) is 12.8. The highest BCUT2D eigenvalue weighted by Crippen LogP contribution is 2.26. The van der Waals surface area contributed by atoms with E-state index in [1.54, 1.807) is 0 Å². The summed E-state index contributed by atoms with van der Waals surface area (Å²) in [6, 6.07) is 7.66. The summed E-state index contributed by atoms with van der Waals surface area (Å²) in [4.78, 5) is 10.8. The Balaban J connectivity index is 2.60. The standard InChI is InChI=1S/C15H24N2O2/c1-3-15(4-2,11-18)10-17-13-7-5-12(6-8-13)9-14(16)19/h5-8,17-18H,3-4,9-11H2,1-2H3,(H2,16,19). The van der Waals surface area contributed by atoms with Crippen LogP contribution in [-0.4, -0.2) is 24.2 Å². The van der Waals surface area contributed by atoms with Gasteiger partial charge in [0, 0.05) is 17.6 Å². The lowest BCUT2D eigenvalue weighted by Crippen LogP contribution is -2.32. The van der Waals surface area contributed by atoms with Gasteiger partial charge in [0.15, 0.2) is 0 Å². The molecule has 0 aliphatic carbocycles. The lowest BCUT2D eigenvalue weighted by molar-refractivity contribution is -0.117. The van der Waals surface area contributed by atoms with Crippen LogP contribution in [0.15, 0.2) is 24.3 Å². The topological polar surface area (TPSA) is 75.3 Å². The fourth-order valence-corrected chi connectivity index (χ4v) is 2.01. The van der Waals surface area contributed by atoms with Crippen molar-refractivity contribution in [1.29, 1.82) is 0 Å². The van der Waals surface area contributed by atoms with Crippen molar-refractivity contribution in [3.05, 3.63) is 29.8 Å². The average Bonchev–Trinajstić information content (AvgIpc) is 2.42. The minimum Gasteiger partial charge on any atom is -0.396 e. The van der Waals surface area contributed by atoms with Gasteiger partial charge in [-0.3, -0.25) is 4.79 Å². The molecular weight excluding hydrogens is 240 g/mol. The number of aliphatic hydroxyl groups is 1. The van der Waals surface area contributed by atoms with Crippen molar-refractivity contribution in [2.45, 2.75) is 33.1 Å². The summed E-state index contributed by atoms with van der Waals surface area (Å²) >= 11 is 0. The van der Waals surface area contributed by atoms with E-state index in [1.807, 2.05) is 24.3 Å². The number of benzene rings is 1. The highest BCUT2D eigenvalue weighted by molar-refractivity contribution is 5.76. The van der Waals surface area contributed by atoms with Gasteiger partial charge >= 0.3 is 0 Å². The van der Waals surface area contributed by atoms with E-state index in [4.69, 9.17) is 5.73 Å². The molecule has 1 aromatic rings. The van der Waals surface area contributed by atoms with Gasteiger partial charge in [0.25, 0.3) is 0 Å². The molecule has 0 atom stereocenters. The highest BCUT2D eigenvalue weighted by Gasteiger charge is 2.24. The number of nitrogens with one attached hydrogen (secondary N) is 1. The molecule has 0 heterocycles. The number of hydrogen-bond acceptors (Lipinski definition) is 3. The Morgan fingerprint density at radius 1 is 1.26 bits per heavy atom. The van der Waals surface area contributed by atoms with Gasteiger partial charge in [-0.15, -0.1) is 0 Å². The summed E-state index contributed by atoms with van der Waals surface area (Å²) < 4.78 is 0. The molecule has 4 nitrogen and oxygen atoms in total. The van der Waals surface area contributed by atoms with Crippen molar-refractivity contribution in [3.8, 4) is 0 Å². The zero-order valence-corrected chi connectivity index (χ0v) is 11.8. The minimum absolute atomic E-state index is 0.0636. The van der Waals surface area contributed by atoms with Crippen molar-refractivity contribution < 1.29 is 9.90 Å². The summed E-state index contributed by atoms with van der Waals surface area (Å²) in [7, 11) is 0. The van der Waals surface area contributed by atoms with Crippen molar-refractivity contribution >= 4 is 11.6 Å². The van der Waals surface area contributed by atoms with Gasteiger partial charge in [0.2, 0.25) is 5.91 Å². The van der Waals surface area contributed by atoms with Crippen molar-refractivity contribution in [3.63, 3.8) is 0 Å². The molecule has 0 saturated heterocycles. The maximum absolute atomic E-state index is 10.8. The Morgan fingerprint density at radius 2 is 1.84 bits per heavy atom. The van der Waals surface area contributed by atoms with Crippen LogP contribution in [0.5, 0.6) is 0 Å². The Bertz CT molecular complexity index is 389. The molecule has 0 unspecified atom stereocenters. The molecule has 0 fully saturated rings. The predicted octanol–water partition coefficient (Wildman–Crippen LogP) is 1.92. The third-order valence-electron chi connectivity index (χ3n) is 3.84. The lowest BCUT2D eigenvalue weighted by atomic mass is 9.83. The van der Waals surface area contributed by atoms with Crippen LogP contribution in [0.1, 0.15) is 32.3 Å². The SMILES string of the molecule is CCC(CC)(CO)CNc1ccc(CC(N)=O)cc1. The molecule has 0 spiro atoms. The molecule has 4 N–H and O–H groups in total. The number of amides is 1. The third kappa shape index (κ3) is 4.56.